The lowest BCUT2D eigenvalue weighted by Gasteiger charge is -2.11. The number of anilines is 1. The summed E-state index contributed by atoms with van der Waals surface area (Å²) in [4.78, 5) is 4.41. The average Bonchev–Trinajstić information content (AvgIpc) is 2.50. The van der Waals surface area contributed by atoms with Crippen LogP contribution in [-0.2, 0) is 6.54 Å². The van der Waals surface area contributed by atoms with E-state index in [4.69, 9.17) is 23.2 Å². The molecule has 0 fully saturated rings. The highest BCUT2D eigenvalue weighted by molar-refractivity contribution is 6.35. The molecule has 0 saturated heterocycles. The van der Waals surface area contributed by atoms with Crippen molar-refractivity contribution in [1.82, 2.24) is 4.98 Å². The van der Waals surface area contributed by atoms with Crippen LogP contribution >= 0.6 is 23.2 Å². The number of aryl methyl sites for hydroxylation is 1. The van der Waals surface area contributed by atoms with E-state index in [9.17, 15) is 0 Å². The topological polar surface area (TPSA) is 24.9 Å². The first kappa shape index (κ1) is 14.2. The summed E-state index contributed by atoms with van der Waals surface area (Å²) >= 11 is 12.4. The minimum atomic E-state index is 0.688. The van der Waals surface area contributed by atoms with Crippen molar-refractivity contribution in [3.8, 4) is 0 Å². The fraction of sp³-hybridized carbons (Fsp3) is 0.118. The Labute approximate surface area is 133 Å². The number of aromatic nitrogens is 1. The molecule has 0 aliphatic heterocycles. The predicted octanol–water partition coefficient (Wildman–Crippen LogP) is 5.46. The van der Waals surface area contributed by atoms with Crippen LogP contribution in [0.2, 0.25) is 10.0 Å². The average molecular weight is 317 g/mol. The van der Waals surface area contributed by atoms with Gasteiger partial charge in [-0.3, -0.25) is 4.98 Å². The van der Waals surface area contributed by atoms with E-state index in [1.807, 2.05) is 43.3 Å². The van der Waals surface area contributed by atoms with Gasteiger partial charge in [-0.05, 0) is 48.4 Å². The van der Waals surface area contributed by atoms with Gasteiger partial charge in [0.1, 0.15) is 0 Å². The highest BCUT2D eigenvalue weighted by Crippen LogP contribution is 2.28. The second-order valence-corrected chi connectivity index (χ2v) is 5.75. The molecule has 1 aromatic heterocycles. The van der Waals surface area contributed by atoms with Crippen LogP contribution in [0.15, 0.2) is 48.7 Å². The predicted molar refractivity (Wildman–Crippen MR) is 90.3 cm³/mol. The van der Waals surface area contributed by atoms with E-state index in [0.717, 1.165) is 32.7 Å². The zero-order valence-corrected chi connectivity index (χ0v) is 13.0. The number of hydrogen-bond donors (Lipinski definition) is 1. The molecule has 1 N–H and O–H groups in total. The van der Waals surface area contributed by atoms with Gasteiger partial charge < -0.3 is 5.32 Å². The van der Waals surface area contributed by atoms with Crippen molar-refractivity contribution in [2.45, 2.75) is 13.5 Å². The Morgan fingerprint density at radius 3 is 2.71 bits per heavy atom. The quantitative estimate of drug-likeness (QED) is 0.693. The Balaban J connectivity index is 1.88. The maximum atomic E-state index is 6.20. The summed E-state index contributed by atoms with van der Waals surface area (Å²) in [6, 6.07) is 13.8. The van der Waals surface area contributed by atoms with Gasteiger partial charge in [0, 0.05) is 23.2 Å². The standard InChI is InChI=1S/C17H14Cl2N2/c1-11-4-5-12(9-15(11)19)10-21-16-7-6-14(18)13-3-2-8-20-17(13)16/h2-9,21H,10H2,1H3. The zero-order valence-electron chi connectivity index (χ0n) is 11.5. The number of pyridine rings is 1. The van der Waals surface area contributed by atoms with Crippen molar-refractivity contribution in [2.24, 2.45) is 0 Å². The van der Waals surface area contributed by atoms with Crippen LogP contribution in [0.25, 0.3) is 10.9 Å². The maximum absolute atomic E-state index is 6.20. The highest BCUT2D eigenvalue weighted by Gasteiger charge is 2.05. The molecule has 0 spiro atoms. The lowest BCUT2D eigenvalue weighted by molar-refractivity contribution is 1.15. The van der Waals surface area contributed by atoms with E-state index in [-0.39, 0.29) is 0 Å². The number of nitrogens with zero attached hydrogens (tertiary/aromatic N) is 1. The van der Waals surface area contributed by atoms with Gasteiger partial charge in [0.15, 0.2) is 0 Å². The molecule has 2 aromatic carbocycles. The minimum Gasteiger partial charge on any atom is -0.379 e. The molecular formula is C17H14Cl2N2. The Bertz CT molecular complexity index is 800. The van der Waals surface area contributed by atoms with Crippen LogP contribution in [0.4, 0.5) is 5.69 Å². The van der Waals surface area contributed by atoms with Gasteiger partial charge in [-0.25, -0.2) is 0 Å². The normalized spacial score (nSPS) is 10.8. The van der Waals surface area contributed by atoms with Crippen molar-refractivity contribution in [3.05, 3.63) is 69.8 Å². The third-order valence-electron chi connectivity index (χ3n) is 3.44. The first-order chi connectivity index (χ1) is 10.1. The lowest BCUT2D eigenvalue weighted by atomic mass is 10.1. The summed E-state index contributed by atoms with van der Waals surface area (Å²) in [5.74, 6) is 0. The van der Waals surface area contributed by atoms with E-state index in [1.165, 1.54) is 0 Å². The molecule has 0 bridgehead atoms. The fourth-order valence-electron chi connectivity index (χ4n) is 2.22. The van der Waals surface area contributed by atoms with Gasteiger partial charge >= 0.3 is 0 Å². The molecule has 0 unspecified atom stereocenters. The molecule has 1 heterocycles. The zero-order chi connectivity index (χ0) is 14.8. The van der Waals surface area contributed by atoms with E-state index < -0.39 is 0 Å². The van der Waals surface area contributed by atoms with Crippen molar-refractivity contribution in [1.29, 1.82) is 0 Å². The molecule has 2 nitrogen and oxygen atoms in total. The van der Waals surface area contributed by atoms with Gasteiger partial charge in [-0.2, -0.15) is 0 Å². The molecule has 4 heteroatoms. The van der Waals surface area contributed by atoms with Crippen molar-refractivity contribution < 1.29 is 0 Å². The summed E-state index contributed by atoms with van der Waals surface area (Å²) in [5, 5.41) is 5.84. The third kappa shape index (κ3) is 2.97. The van der Waals surface area contributed by atoms with E-state index >= 15 is 0 Å². The Morgan fingerprint density at radius 2 is 1.90 bits per heavy atom. The van der Waals surface area contributed by atoms with Gasteiger partial charge in [0.25, 0.3) is 0 Å². The van der Waals surface area contributed by atoms with Crippen LogP contribution in [0.3, 0.4) is 0 Å². The molecule has 0 saturated carbocycles. The second-order valence-electron chi connectivity index (χ2n) is 4.93. The van der Waals surface area contributed by atoms with Gasteiger partial charge in [0.2, 0.25) is 0 Å². The molecule has 0 amide bonds. The van der Waals surface area contributed by atoms with Crippen molar-refractivity contribution >= 4 is 39.8 Å². The molecule has 3 rings (SSSR count). The van der Waals surface area contributed by atoms with Crippen LogP contribution in [0.5, 0.6) is 0 Å². The van der Waals surface area contributed by atoms with Gasteiger partial charge in [-0.1, -0.05) is 35.3 Å². The number of halogens is 2. The van der Waals surface area contributed by atoms with Crippen molar-refractivity contribution in [2.75, 3.05) is 5.32 Å². The van der Waals surface area contributed by atoms with Crippen LogP contribution in [-0.4, -0.2) is 4.98 Å². The monoisotopic (exact) mass is 316 g/mol. The Kier molecular flexibility index (Phi) is 4.00. The third-order valence-corrected chi connectivity index (χ3v) is 4.17. The van der Waals surface area contributed by atoms with Crippen molar-refractivity contribution in [3.63, 3.8) is 0 Å². The summed E-state index contributed by atoms with van der Waals surface area (Å²) in [7, 11) is 0. The van der Waals surface area contributed by atoms with Gasteiger partial charge in [-0.15, -0.1) is 0 Å². The summed E-state index contributed by atoms with van der Waals surface area (Å²) in [6.07, 6.45) is 1.77. The molecular weight excluding hydrogens is 303 g/mol. The molecule has 0 atom stereocenters. The molecule has 0 radical (unpaired) electrons. The number of benzene rings is 2. The summed E-state index contributed by atoms with van der Waals surface area (Å²) in [6.45, 7) is 2.68. The highest BCUT2D eigenvalue weighted by atomic mass is 35.5. The number of nitrogens with one attached hydrogen (secondary N) is 1. The molecule has 21 heavy (non-hydrogen) atoms. The first-order valence-electron chi connectivity index (χ1n) is 6.67. The fourth-order valence-corrected chi connectivity index (χ4v) is 2.64. The summed E-state index contributed by atoms with van der Waals surface area (Å²) in [5.41, 5.74) is 4.05. The number of fused-ring (bicyclic) bond motifs is 1. The smallest absolute Gasteiger partial charge is 0.0948 e. The molecule has 0 aliphatic rings. The Hall–Kier alpha value is -1.77. The van der Waals surface area contributed by atoms with E-state index in [0.29, 0.717) is 11.6 Å². The maximum Gasteiger partial charge on any atom is 0.0948 e. The van der Waals surface area contributed by atoms with E-state index in [2.05, 4.69) is 16.4 Å². The molecule has 0 aliphatic carbocycles. The second kappa shape index (κ2) is 5.92. The minimum absolute atomic E-state index is 0.688. The number of hydrogen-bond acceptors (Lipinski definition) is 2. The van der Waals surface area contributed by atoms with Gasteiger partial charge in [0.05, 0.1) is 16.2 Å². The summed E-state index contributed by atoms with van der Waals surface area (Å²) < 4.78 is 0. The van der Waals surface area contributed by atoms with Crippen LogP contribution in [0.1, 0.15) is 11.1 Å². The number of rotatable bonds is 3. The molecule has 106 valence electrons. The van der Waals surface area contributed by atoms with Crippen LogP contribution < -0.4 is 5.32 Å². The van der Waals surface area contributed by atoms with E-state index in [1.54, 1.807) is 6.20 Å². The largest absolute Gasteiger partial charge is 0.379 e. The first-order valence-corrected chi connectivity index (χ1v) is 7.43. The SMILES string of the molecule is Cc1ccc(CNc2ccc(Cl)c3cccnc23)cc1Cl. The van der Waals surface area contributed by atoms with Crippen LogP contribution in [0, 0.1) is 6.92 Å². The lowest BCUT2D eigenvalue weighted by Crippen LogP contribution is -2.01. The Morgan fingerprint density at radius 1 is 1.05 bits per heavy atom. The molecule has 3 aromatic rings.